The number of ether oxygens (including phenoxy) is 1. The van der Waals surface area contributed by atoms with Crippen LogP contribution in [-0.2, 0) is 4.74 Å². The molecule has 4 rings (SSSR count). The first-order chi connectivity index (χ1) is 12.7. The van der Waals surface area contributed by atoms with Gasteiger partial charge in [-0.25, -0.2) is 14.8 Å². The lowest BCUT2D eigenvalue weighted by Crippen LogP contribution is -2.37. The van der Waals surface area contributed by atoms with Gasteiger partial charge < -0.3 is 20.7 Å². The molecule has 3 aromatic rings. The van der Waals surface area contributed by atoms with E-state index in [0.717, 1.165) is 35.2 Å². The number of fused-ring (bicyclic) bond motifs is 1. The van der Waals surface area contributed by atoms with Crippen LogP contribution >= 0.6 is 0 Å². The number of rotatable bonds is 3. The highest BCUT2D eigenvalue weighted by Gasteiger charge is 2.18. The van der Waals surface area contributed by atoms with Gasteiger partial charge in [-0.15, -0.1) is 0 Å². The van der Waals surface area contributed by atoms with E-state index in [1.54, 1.807) is 0 Å². The number of hydrogen-bond donors (Lipinski definition) is 2. The number of amides is 2. The second kappa shape index (κ2) is 6.97. The molecule has 0 saturated carbocycles. The van der Waals surface area contributed by atoms with Gasteiger partial charge in [0.25, 0.3) is 0 Å². The van der Waals surface area contributed by atoms with Gasteiger partial charge in [0.2, 0.25) is 5.95 Å². The maximum atomic E-state index is 11.4. The number of anilines is 2. The van der Waals surface area contributed by atoms with Gasteiger partial charge in [0, 0.05) is 24.0 Å². The quantitative estimate of drug-likeness (QED) is 0.758. The molecule has 1 aliphatic rings. The highest BCUT2D eigenvalue weighted by molar-refractivity contribution is 6.00. The van der Waals surface area contributed by atoms with E-state index in [2.05, 4.69) is 10.2 Å². The third kappa shape index (κ3) is 3.16. The predicted octanol–water partition coefficient (Wildman–Crippen LogP) is 2.62. The number of aromatic nitrogens is 2. The summed E-state index contributed by atoms with van der Waals surface area (Å²) < 4.78 is 5.43. The van der Waals surface area contributed by atoms with Crippen LogP contribution in [0.3, 0.4) is 0 Å². The monoisotopic (exact) mass is 349 g/mol. The second-order valence-corrected chi connectivity index (χ2v) is 6.02. The fraction of sp³-hybridized carbons (Fsp3) is 0.211. The zero-order valence-corrected chi connectivity index (χ0v) is 14.2. The predicted molar refractivity (Wildman–Crippen MR) is 101 cm³/mol. The van der Waals surface area contributed by atoms with Crippen LogP contribution in [0.15, 0.2) is 48.5 Å². The first-order valence-corrected chi connectivity index (χ1v) is 8.48. The van der Waals surface area contributed by atoms with Gasteiger partial charge in [-0.3, -0.25) is 0 Å². The number of urea groups is 1. The number of nitrogens with one attached hydrogen (secondary N) is 1. The van der Waals surface area contributed by atoms with E-state index in [-0.39, 0.29) is 0 Å². The van der Waals surface area contributed by atoms with Crippen molar-refractivity contribution in [3.05, 3.63) is 48.5 Å². The summed E-state index contributed by atoms with van der Waals surface area (Å²) in [7, 11) is 0. The molecule has 0 atom stereocenters. The van der Waals surface area contributed by atoms with Gasteiger partial charge in [-0.2, -0.15) is 0 Å². The largest absolute Gasteiger partial charge is 0.378 e. The molecular formula is C19H19N5O2. The van der Waals surface area contributed by atoms with Gasteiger partial charge in [-0.1, -0.05) is 36.4 Å². The lowest BCUT2D eigenvalue weighted by molar-refractivity contribution is 0.122. The van der Waals surface area contributed by atoms with Crippen molar-refractivity contribution in [1.82, 2.24) is 9.97 Å². The second-order valence-electron chi connectivity index (χ2n) is 6.02. The van der Waals surface area contributed by atoms with E-state index in [9.17, 15) is 4.79 Å². The molecule has 7 heteroatoms. The van der Waals surface area contributed by atoms with Crippen LogP contribution in [0.5, 0.6) is 0 Å². The third-order valence-electron chi connectivity index (χ3n) is 4.33. The smallest absolute Gasteiger partial charge is 0.316 e. The van der Waals surface area contributed by atoms with Gasteiger partial charge >= 0.3 is 6.03 Å². The number of benzene rings is 2. The number of nitrogens with zero attached hydrogens (tertiary/aromatic N) is 3. The average Bonchev–Trinajstić information content (AvgIpc) is 2.68. The molecule has 2 heterocycles. The van der Waals surface area contributed by atoms with Crippen LogP contribution in [-0.4, -0.2) is 42.3 Å². The Balaban J connectivity index is 1.90. The Morgan fingerprint density at radius 2 is 1.77 bits per heavy atom. The number of carbonyl (C=O) groups is 1. The SMILES string of the molecule is NC(=O)Nc1ccccc1-c1nc(N2CCOCC2)nc2ccccc12. The van der Waals surface area contributed by atoms with Crippen molar-refractivity contribution < 1.29 is 9.53 Å². The molecule has 3 N–H and O–H groups in total. The average molecular weight is 349 g/mol. The molecule has 1 aromatic heterocycles. The Kier molecular flexibility index (Phi) is 4.37. The molecule has 7 nitrogen and oxygen atoms in total. The van der Waals surface area contributed by atoms with E-state index in [4.69, 9.17) is 20.4 Å². The van der Waals surface area contributed by atoms with Crippen molar-refractivity contribution in [2.75, 3.05) is 36.5 Å². The van der Waals surface area contributed by atoms with E-state index in [0.29, 0.717) is 24.8 Å². The molecule has 2 amide bonds. The standard InChI is InChI=1S/C19H19N5O2/c20-18(25)21-15-7-3-1-5-13(15)17-14-6-2-4-8-16(14)22-19(23-17)24-9-11-26-12-10-24/h1-8H,9-12H2,(H3,20,21,25). The van der Waals surface area contributed by atoms with Gasteiger partial charge in [0.15, 0.2) is 0 Å². The Morgan fingerprint density at radius 1 is 1.04 bits per heavy atom. The molecule has 0 radical (unpaired) electrons. The minimum atomic E-state index is -0.607. The maximum absolute atomic E-state index is 11.4. The van der Waals surface area contributed by atoms with Gasteiger partial charge in [0.1, 0.15) is 0 Å². The minimum Gasteiger partial charge on any atom is -0.378 e. The molecule has 0 bridgehead atoms. The van der Waals surface area contributed by atoms with Crippen molar-refractivity contribution in [3.8, 4) is 11.3 Å². The highest BCUT2D eigenvalue weighted by atomic mass is 16.5. The fourth-order valence-electron chi connectivity index (χ4n) is 3.11. The summed E-state index contributed by atoms with van der Waals surface area (Å²) in [5.41, 5.74) is 8.37. The maximum Gasteiger partial charge on any atom is 0.316 e. The number of hydrogen-bond acceptors (Lipinski definition) is 5. The summed E-state index contributed by atoms with van der Waals surface area (Å²) in [6.45, 7) is 2.81. The number of primary amides is 1. The summed E-state index contributed by atoms with van der Waals surface area (Å²) in [6, 6.07) is 14.7. The summed E-state index contributed by atoms with van der Waals surface area (Å²) >= 11 is 0. The molecule has 1 fully saturated rings. The molecule has 0 spiro atoms. The lowest BCUT2D eigenvalue weighted by atomic mass is 10.0. The zero-order chi connectivity index (χ0) is 17.9. The fourth-order valence-corrected chi connectivity index (χ4v) is 3.11. The minimum absolute atomic E-state index is 0.607. The Morgan fingerprint density at radius 3 is 2.58 bits per heavy atom. The third-order valence-corrected chi connectivity index (χ3v) is 4.33. The summed E-state index contributed by atoms with van der Waals surface area (Å²) in [4.78, 5) is 23.1. The summed E-state index contributed by atoms with van der Waals surface area (Å²) in [5, 5.41) is 3.60. The van der Waals surface area contributed by atoms with Gasteiger partial charge in [0.05, 0.1) is 30.1 Å². The normalized spacial score (nSPS) is 14.4. The Labute approximate surface area is 150 Å². The first-order valence-electron chi connectivity index (χ1n) is 8.48. The number of nitrogens with two attached hydrogens (primary N) is 1. The van der Waals surface area contributed by atoms with Crippen molar-refractivity contribution in [2.45, 2.75) is 0 Å². The molecule has 132 valence electrons. The van der Waals surface area contributed by atoms with Crippen LogP contribution in [0.2, 0.25) is 0 Å². The van der Waals surface area contributed by atoms with Crippen LogP contribution in [0.25, 0.3) is 22.2 Å². The Bertz CT molecular complexity index is 954. The summed E-state index contributed by atoms with van der Waals surface area (Å²) in [5.74, 6) is 0.663. The molecule has 1 saturated heterocycles. The van der Waals surface area contributed by atoms with E-state index in [1.807, 2.05) is 48.5 Å². The number of carbonyl (C=O) groups excluding carboxylic acids is 1. The van der Waals surface area contributed by atoms with Crippen LogP contribution in [0, 0.1) is 0 Å². The van der Waals surface area contributed by atoms with E-state index < -0.39 is 6.03 Å². The molecule has 2 aromatic carbocycles. The lowest BCUT2D eigenvalue weighted by Gasteiger charge is -2.27. The van der Waals surface area contributed by atoms with Crippen molar-refractivity contribution in [1.29, 1.82) is 0 Å². The zero-order valence-electron chi connectivity index (χ0n) is 14.2. The van der Waals surface area contributed by atoms with Crippen LogP contribution < -0.4 is 16.0 Å². The van der Waals surface area contributed by atoms with Gasteiger partial charge in [-0.05, 0) is 12.1 Å². The molecule has 26 heavy (non-hydrogen) atoms. The Hall–Kier alpha value is -3.19. The van der Waals surface area contributed by atoms with Crippen LogP contribution in [0.4, 0.5) is 16.4 Å². The molecule has 0 unspecified atom stereocenters. The summed E-state index contributed by atoms with van der Waals surface area (Å²) in [6.07, 6.45) is 0. The molecule has 0 aliphatic carbocycles. The molecular weight excluding hydrogens is 330 g/mol. The van der Waals surface area contributed by atoms with E-state index >= 15 is 0 Å². The molecule has 1 aliphatic heterocycles. The first kappa shape index (κ1) is 16.3. The number of para-hydroxylation sites is 2. The highest BCUT2D eigenvalue weighted by Crippen LogP contribution is 2.33. The topological polar surface area (TPSA) is 93.4 Å². The van der Waals surface area contributed by atoms with Crippen molar-refractivity contribution in [3.63, 3.8) is 0 Å². The van der Waals surface area contributed by atoms with Crippen molar-refractivity contribution in [2.24, 2.45) is 5.73 Å². The van der Waals surface area contributed by atoms with Crippen molar-refractivity contribution >= 4 is 28.6 Å². The van der Waals surface area contributed by atoms with Crippen LogP contribution in [0.1, 0.15) is 0 Å². The number of morpholine rings is 1. The van der Waals surface area contributed by atoms with E-state index in [1.165, 1.54) is 0 Å².